The van der Waals surface area contributed by atoms with E-state index in [9.17, 15) is 14.7 Å². The van der Waals surface area contributed by atoms with Crippen molar-refractivity contribution in [3.05, 3.63) is 0 Å². The van der Waals surface area contributed by atoms with Gasteiger partial charge < -0.3 is 15.7 Å². The molecule has 5 nitrogen and oxygen atoms in total. The molecule has 5 heteroatoms. The zero-order valence-electron chi connectivity index (χ0n) is 11.5. The minimum Gasteiger partial charge on any atom is -0.481 e. The van der Waals surface area contributed by atoms with Crippen LogP contribution in [0.3, 0.4) is 0 Å². The molecule has 0 aliphatic heterocycles. The molecule has 0 spiro atoms. The van der Waals surface area contributed by atoms with Crippen LogP contribution in [0.5, 0.6) is 0 Å². The lowest BCUT2D eigenvalue weighted by Crippen LogP contribution is -2.52. The summed E-state index contributed by atoms with van der Waals surface area (Å²) < 4.78 is 0. The van der Waals surface area contributed by atoms with Crippen LogP contribution < -0.4 is 10.6 Å². The average molecular weight is 256 g/mol. The summed E-state index contributed by atoms with van der Waals surface area (Å²) in [5.74, 6) is -1.27. The molecule has 3 N–H and O–H groups in total. The minimum absolute atomic E-state index is 0.257. The second-order valence-electron chi connectivity index (χ2n) is 6.04. The zero-order valence-corrected chi connectivity index (χ0v) is 11.5. The fraction of sp³-hybridized carbons (Fsp3) is 0.846. The summed E-state index contributed by atoms with van der Waals surface area (Å²) in [6.07, 6.45) is 4.34. The topological polar surface area (TPSA) is 78.4 Å². The molecule has 104 valence electrons. The molecular weight excluding hydrogens is 232 g/mol. The number of nitrogens with one attached hydrogen (secondary N) is 2. The third kappa shape index (κ3) is 4.94. The highest BCUT2D eigenvalue weighted by atomic mass is 16.4. The highest BCUT2D eigenvalue weighted by Crippen LogP contribution is 2.23. The van der Waals surface area contributed by atoms with E-state index in [1.165, 1.54) is 0 Å². The molecule has 2 unspecified atom stereocenters. The summed E-state index contributed by atoms with van der Waals surface area (Å²) in [4.78, 5) is 23.0. The van der Waals surface area contributed by atoms with Gasteiger partial charge in [-0.05, 0) is 33.6 Å². The Morgan fingerprint density at radius 2 is 1.72 bits per heavy atom. The summed E-state index contributed by atoms with van der Waals surface area (Å²) >= 11 is 0. The van der Waals surface area contributed by atoms with Gasteiger partial charge in [0.25, 0.3) is 0 Å². The van der Waals surface area contributed by atoms with Crippen LogP contribution in [0.1, 0.15) is 52.9 Å². The van der Waals surface area contributed by atoms with E-state index in [0.29, 0.717) is 6.42 Å². The van der Waals surface area contributed by atoms with Gasteiger partial charge in [-0.3, -0.25) is 4.79 Å². The number of carboxylic acid groups (broad SMARTS) is 1. The molecule has 0 aromatic rings. The van der Waals surface area contributed by atoms with E-state index in [1.54, 1.807) is 0 Å². The van der Waals surface area contributed by atoms with Crippen LogP contribution in [0, 0.1) is 5.92 Å². The molecule has 0 aromatic heterocycles. The lowest BCUT2D eigenvalue weighted by Gasteiger charge is -2.26. The predicted octanol–water partition coefficient (Wildman–Crippen LogP) is 2.12. The van der Waals surface area contributed by atoms with Gasteiger partial charge in [0.15, 0.2) is 0 Å². The predicted molar refractivity (Wildman–Crippen MR) is 69.4 cm³/mol. The van der Waals surface area contributed by atoms with Gasteiger partial charge in [-0.1, -0.05) is 19.3 Å². The standard InChI is InChI=1S/C13H24N2O3/c1-13(2,3)15-12(18)14-10-8-6-4-5-7-9(10)11(16)17/h9-10H,4-8H2,1-3H3,(H,16,17)(H2,14,15,18). The first-order chi connectivity index (χ1) is 8.29. The Morgan fingerprint density at radius 3 is 2.28 bits per heavy atom. The van der Waals surface area contributed by atoms with Crippen LogP contribution in [0.15, 0.2) is 0 Å². The molecule has 1 aliphatic carbocycles. The Labute approximate surface area is 108 Å². The Morgan fingerprint density at radius 1 is 1.11 bits per heavy atom. The number of rotatable bonds is 2. The molecule has 2 amide bonds. The normalized spacial score (nSPS) is 25.1. The number of amides is 2. The van der Waals surface area contributed by atoms with Gasteiger partial charge >= 0.3 is 12.0 Å². The average Bonchev–Trinajstić information content (AvgIpc) is 2.39. The Bertz CT molecular complexity index is 310. The smallest absolute Gasteiger partial charge is 0.315 e. The van der Waals surface area contributed by atoms with Gasteiger partial charge in [-0.25, -0.2) is 4.79 Å². The molecule has 1 fully saturated rings. The molecule has 0 aromatic carbocycles. The Hall–Kier alpha value is -1.26. The van der Waals surface area contributed by atoms with Gasteiger partial charge in [0.1, 0.15) is 0 Å². The van der Waals surface area contributed by atoms with E-state index in [-0.39, 0.29) is 17.6 Å². The molecule has 0 saturated heterocycles. The van der Waals surface area contributed by atoms with E-state index < -0.39 is 11.9 Å². The second kappa shape index (κ2) is 6.07. The number of hydrogen-bond acceptors (Lipinski definition) is 2. The molecule has 1 rings (SSSR count). The zero-order chi connectivity index (χ0) is 13.8. The maximum absolute atomic E-state index is 11.8. The Balaban J connectivity index is 2.60. The molecule has 1 aliphatic rings. The number of aliphatic carboxylic acids is 1. The van der Waals surface area contributed by atoms with E-state index >= 15 is 0 Å². The largest absolute Gasteiger partial charge is 0.481 e. The van der Waals surface area contributed by atoms with E-state index in [0.717, 1.165) is 25.7 Å². The third-order valence-corrected chi connectivity index (χ3v) is 3.14. The minimum atomic E-state index is -0.807. The van der Waals surface area contributed by atoms with Crippen LogP contribution >= 0.6 is 0 Å². The van der Waals surface area contributed by atoms with Crippen LogP contribution in [-0.2, 0) is 4.79 Å². The monoisotopic (exact) mass is 256 g/mol. The van der Waals surface area contributed by atoms with Gasteiger partial charge in [-0.15, -0.1) is 0 Å². The second-order valence-corrected chi connectivity index (χ2v) is 6.04. The van der Waals surface area contributed by atoms with E-state index in [4.69, 9.17) is 0 Å². The molecular formula is C13H24N2O3. The number of carbonyl (C=O) groups excluding carboxylic acids is 1. The van der Waals surface area contributed by atoms with Crippen molar-refractivity contribution in [1.82, 2.24) is 10.6 Å². The van der Waals surface area contributed by atoms with Crippen molar-refractivity contribution < 1.29 is 14.7 Å². The van der Waals surface area contributed by atoms with Crippen molar-refractivity contribution >= 4 is 12.0 Å². The molecule has 0 radical (unpaired) electrons. The van der Waals surface area contributed by atoms with Crippen LogP contribution in [-0.4, -0.2) is 28.7 Å². The van der Waals surface area contributed by atoms with Gasteiger partial charge in [0.05, 0.1) is 5.92 Å². The first kappa shape index (κ1) is 14.8. The number of carboxylic acids is 1. The fourth-order valence-electron chi connectivity index (χ4n) is 2.32. The number of hydrogen-bond donors (Lipinski definition) is 3. The van der Waals surface area contributed by atoms with Crippen molar-refractivity contribution in [2.45, 2.75) is 64.5 Å². The maximum Gasteiger partial charge on any atom is 0.315 e. The Kier molecular flexibility index (Phi) is 4.99. The number of urea groups is 1. The van der Waals surface area contributed by atoms with Crippen molar-refractivity contribution in [3.8, 4) is 0 Å². The summed E-state index contributed by atoms with van der Waals surface area (Å²) in [6, 6.07) is -0.534. The molecule has 0 heterocycles. The third-order valence-electron chi connectivity index (χ3n) is 3.14. The van der Waals surface area contributed by atoms with Crippen LogP contribution in [0.2, 0.25) is 0 Å². The van der Waals surface area contributed by atoms with Crippen molar-refractivity contribution in [1.29, 1.82) is 0 Å². The highest BCUT2D eigenvalue weighted by molar-refractivity contribution is 5.77. The molecule has 2 atom stereocenters. The van der Waals surface area contributed by atoms with E-state index in [2.05, 4.69) is 10.6 Å². The summed E-state index contributed by atoms with van der Waals surface area (Å²) in [5.41, 5.74) is -0.312. The first-order valence-corrected chi connectivity index (χ1v) is 6.61. The SMILES string of the molecule is CC(C)(C)NC(=O)NC1CCCCCC1C(=O)O. The quantitative estimate of drug-likeness (QED) is 0.662. The fourth-order valence-corrected chi connectivity index (χ4v) is 2.32. The first-order valence-electron chi connectivity index (χ1n) is 6.61. The van der Waals surface area contributed by atoms with Crippen molar-refractivity contribution in [3.63, 3.8) is 0 Å². The molecule has 1 saturated carbocycles. The lowest BCUT2D eigenvalue weighted by atomic mass is 9.95. The number of carbonyl (C=O) groups is 2. The summed E-state index contributed by atoms with van der Waals surface area (Å²) in [6.45, 7) is 5.69. The van der Waals surface area contributed by atoms with Gasteiger partial charge in [0.2, 0.25) is 0 Å². The van der Waals surface area contributed by atoms with Gasteiger partial charge in [0, 0.05) is 11.6 Å². The van der Waals surface area contributed by atoms with Crippen molar-refractivity contribution in [2.24, 2.45) is 5.92 Å². The molecule has 18 heavy (non-hydrogen) atoms. The summed E-state index contributed by atoms with van der Waals surface area (Å²) in [7, 11) is 0. The highest BCUT2D eigenvalue weighted by Gasteiger charge is 2.31. The van der Waals surface area contributed by atoms with Crippen LogP contribution in [0.25, 0.3) is 0 Å². The maximum atomic E-state index is 11.8. The van der Waals surface area contributed by atoms with Crippen molar-refractivity contribution in [2.75, 3.05) is 0 Å². The summed E-state index contributed by atoms with van der Waals surface area (Å²) in [5, 5.41) is 14.8. The lowest BCUT2D eigenvalue weighted by molar-refractivity contribution is -0.142. The van der Waals surface area contributed by atoms with Crippen LogP contribution in [0.4, 0.5) is 4.79 Å². The molecule has 0 bridgehead atoms. The van der Waals surface area contributed by atoms with E-state index in [1.807, 2.05) is 20.8 Å². The van der Waals surface area contributed by atoms with Gasteiger partial charge in [-0.2, -0.15) is 0 Å².